The molecule has 4 N–H and O–H groups in total. The normalized spacial score (nSPS) is 20.0. The summed E-state index contributed by atoms with van der Waals surface area (Å²) in [5.41, 5.74) is 0.871. The average molecular weight is 647 g/mol. The monoisotopic (exact) mass is 646 g/mol. The van der Waals surface area contributed by atoms with Gasteiger partial charge in [0.15, 0.2) is 0 Å². The van der Waals surface area contributed by atoms with Crippen molar-refractivity contribution < 1.29 is 33.3 Å². The Morgan fingerprint density at radius 2 is 1.84 bits per heavy atom. The van der Waals surface area contributed by atoms with E-state index in [0.29, 0.717) is 23.8 Å². The second-order valence-corrected chi connectivity index (χ2v) is 13.8. The molecule has 1 aliphatic heterocycles. The predicted molar refractivity (Wildman–Crippen MR) is 168 cm³/mol. The maximum Gasteiger partial charge on any atom is 0.384 e. The Hall–Kier alpha value is -3.05. The fourth-order valence-corrected chi connectivity index (χ4v) is 7.25. The van der Waals surface area contributed by atoms with E-state index in [4.69, 9.17) is 13.8 Å². The third-order valence-electron chi connectivity index (χ3n) is 7.77. The first-order chi connectivity index (χ1) is 21.2. The number of benzene rings is 1. The van der Waals surface area contributed by atoms with Gasteiger partial charge in [-0.3, -0.25) is 9.59 Å². The predicted octanol–water partition coefficient (Wildman–Crippen LogP) is 4.65. The standard InChI is InChI=1S/C31H43N4O7PS/c1-20(2)16-24(28(37)33-23(17-21-10-6-4-7-11-21)27(36)30-32-14-15-44-30)34-29(38)25(18-22-12-8-5-9-13-22)35-43-41-19-26(40-3)31(39)42-43/h5,8-9,12-15,19-21,23-25,27,35-36H,4,6-7,10-11,16-18H2,1-3H3,(H,33,37)(H,34,38)/t23?,24-,25-,27+,43+/m0/s1. The van der Waals surface area contributed by atoms with Crippen LogP contribution in [0.25, 0.3) is 0 Å². The van der Waals surface area contributed by atoms with Gasteiger partial charge in [-0.05, 0) is 36.7 Å². The molecular formula is C31H43N4O7PS. The van der Waals surface area contributed by atoms with Crippen LogP contribution < -0.4 is 15.7 Å². The van der Waals surface area contributed by atoms with Gasteiger partial charge in [-0.25, -0.2) is 14.9 Å². The van der Waals surface area contributed by atoms with Crippen molar-refractivity contribution >= 4 is 37.6 Å². The van der Waals surface area contributed by atoms with E-state index in [-0.39, 0.29) is 24.0 Å². The van der Waals surface area contributed by atoms with Crippen molar-refractivity contribution in [2.45, 2.75) is 89.4 Å². The number of methoxy groups -OCH3 is 1. The molecule has 2 amide bonds. The summed E-state index contributed by atoms with van der Waals surface area (Å²) in [6.07, 6.45) is 8.76. The Morgan fingerprint density at radius 3 is 2.48 bits per heavy atom. The van der Waals surface area contributed by atoms with Crippen molar-refractivity contribution in [3.63, 3.8) is 0 Å². The summed E-state index contributed by atoms with van der Waals surface area (Å²) in [7, 11) is -0.646. The highest BCUT2D eigenvalue weighted by molar-refractivity contribution is 7.45. The molecule has 44 heavy (non-hydrogen) atoms. The molecule has 2 aliphatic rings. The van der Waals surface area contributed by atoms with Crippen molar-refractivity contribution in [2.24, 2.45) is 11.8 Å². The summed E-state index contributed by atoms with van der Waals surface area (Å²) in [5.74, 6) is -1.09. The smallest absolute Gasteiger partial charge is 0.384 e. The van der Waals surface area contributed by atoms with Crippen molar-refractivity contribution in [3.8, 4) is 0 Å². The Morgan fingerprint density at radius 1 is 1.11 bits per heavy atom. The van der Waals surface area contributed by atoms with Crippen LogP contribution in [0.3, 0.4) is 0 Å². The Labute approximate surface area is 264 Å². The number of nitrogens with zero attached hydrogens (tertiary/aromatic N) is 1. The number of aliphatic hydroxyl groups is 1. The van der Waals surface area contributed by atoms with Gasteiger partial charge in [0, 0.05) is 11.6 Å². The molecule has 240 valence electrons. The van der Waals surface area contributed by atoms with E-state index in [2.05, 4.69) is 20.7 Å². The highest BCUT2D eigenvalue weighted by Crippen LogP contribution is 2.40. The number of rotatable bonds is 15. The van der Waals surface area contributed by atoms with Crippen LogP contribution >= 0.6 is 19.9 Å². The number of carbonyl (C=O) groups is 3. The number of aromatic nitrogens is 1. The maximum atomic E-state index is 13.8. The summed E-state index contributed by atoms with van der Waals surface area (Å²) in [5, 5.41) is 22.7. The number of carbonyl (C=O) groups excluding carboxylic acids is 3. The van der Waals surface area contributed by atoms with Gasteiger partial charge in [-0.1, -0.05) is 76.3 Å². The minimum atomic E-state index is -1.98. The number of thiazole rings is 1. The number of aliphatic hydroxyl groups excluding tert-OH is 1. The first-order valence-electron chi connectivity index (χ1n) is 15.1. The lowest BCUT2D eigenvalue weighted by Crippen LogP contribution is -2.55. The molecule has 1 aliphatic carbocycles. The molecular weight excluding hydrogens is 603 g/mol. The van der Waals surface area contributed by atoms with Gasteiger partial charge in [-0.15, -0.1) is 11.3 Å². The minimum absolute atomic E-state index is 0.0778. The molecule has 2 heterocycles. The molecule has 11 nitrogen and oxygen atoms in total. The van der Waals surface area contributed by atoms with Crippen LogP contribution in [0.15, 0.2) is 53.9 Å². The lowest BCUT2D eigenvalue weighted by Gasteiger charge is -2.31. The zero-order valence-corrected chi connectivity index (χ0v) is 27.2. The SMILES string of the molecule is COC1=CO[P@@](N[C@@H](Cc2ccccc2)C(=O)N[C@@H](CC(C)C)C(=O)NC(CC2CCCCC2)[C@@H](O)c2nccs2)OC1=O. The van der Waals surface area contributed by atoms with Gasteiger partial charge in [0.1, 0.15) is 23.4 Å². The van der Waals surface area contributed by atoms with Gasteiger partial charge in [0.25, 0.3) is 0 Å². The molecule has 4 rings (SSSR count). The van der Waals surface area contributed by atoms with Gasteiger partial charge < -0.3 is 29.5 Å². The molecule has 1 aromatic carbocycles. The average Bonchev–Trinajstić information content (AvgIpc) is 3.56. The second kappa shape index (κ2) is 16.9. The summed E-state index contributed by atoms with van der Waals surface area (Å²) in [4.78, 5) is 44.2. The first-order valence-corrected chi connectivity index (χ1v) is 17.2. The van der Waals surface area contributed by atoms with Crippen molar-refractivity contribution in [1.29, 1.82) is 0 Å². The van der Waals surface area contributed by atoms with E-state index < -0.39 is 44.6 Å². The van der Waals surface area contributed by atoms with Crippen molar-refractivity contribution in [2.75, 3.05) is 7.11 Å². The second-order valence-electron chi connectivity index (χ2n) is 11.7. The van der Waals surface area contributed by atoms with Crippen molar-refractivity contribution in [1.82, 2.24) is 20.7 Å². The molecule has 1 aromatic heterocycles. The summed E-state index contributed by atoms with van der Waals surface area (Å²) in [6, 6.07) is 7.12. The Balaban J connectivity index is 1.50. The van der Waals surface area contributed by atoms with Crippen LogP contribution in [-0.2, 0) is 34.6 Å². The summed E-state index contributed by atoms with van der Waals surface area (Å²) < 4.78 is 15.8. The Bertz CT molecular complexity index is 1240. The number of hydrogen-bond donors (Lipinski definition) is 4. The van der Waals surface area contributed by atoms with E-state index >= 15 is 0 Å². The zero-order valence-electron chi connectivity index (χ0n) is 25.4. The minimum Gasteiger partial charge on any atom is -0.488 e. The number of amides is 2. The van der Waals surface area contributed by atoms with Gasteiger partial charge >= 0.3 is 14.5 Å². The van der Waals surface area contributed by atoms with Crippen LogP contribution in [0.4, 0.5) is 0 Å². The molecule has 0 radical (unpaired) electrons. The first kappa shape index (κ1) is 33.8. The fraction of sp³-hybridized carbons (Fsp3) is 0.548. The maximum absolute atomic E-state index is 13.8. The largest absolute Gasteiger partial charge is 0.488 e. The van der Waals surface area contributed by atoms with Crippen LogP contribution in [0.5, 0.6) is 0 Å². The topological polar surface area (TPSA) is 148 Å². The van der Waals surface area contributed by atoms with Crippen molar-refractivity contribution in [3.05, 3.63) is 64.5 Å². The molecule has 0 spiro atoms. The number of hydrogen-bond acceptors (Lipinski definition) is 10. The Kier molecular flexibility index (Phi) is 13.0. The third kappa shape index (κ3) is 9.99. The quantitative estimate of drug-likeness (QED) is 0.203. The fourth-order valence-electron chi connectivity index (χ4n) is 5.51. The van der Waals surface area contributed by atoms with Crippen LogP contribution in [-0.4, -0.2) is 53.1 Å². The van der Waals surface area contributed by atoms with Crippen LogP contribution in [0.2, 0.25) is 0 Å². The third-order valence-corrected chi connectivity index (χ3v) is 9.77. The number of nitrogens with one attached hydrogen (secondary N) is 3. The lowest BCUT2D eigenvalue weighted by atomic mass is 9.83. The lowest BCUT2D eigenvalue weighted by molar-refractivity contribution is -0.135. The molecule has 13 heteroatoms. The number of ether oxygens (including phenoxy) is 1. The van der Waals surface area contributed by atoms with Gasteiger partial charge in [0.05, 0.1) is 19.2 Å². The van der Waals surface area contributed by atoms with Crippen LogP contribution in [0, 0.1) is 11.8 Å². The molecule has 0 saturated heterocycles. The molecule has 1 unspecified atom stereocenters. The van der Waals surface area contributed by atoms with E-state index in [1.54, 1.807) is 11.6 Å². The summed E-state index contributed by atoms with van der Waals surface area (Å²) >= 11 is 1.35. The van der Waals surface area contributed by atoms with E-state index in [1.165, 1.54) is 24.9 Å². The zero-order chi connectivity index (χ0) is 31.5. The van der Waals surface area contributed by atoms with Crippen LogP contribution in [0.1, 0.15) is 75.5 Å². The molecule has 5 atom stereocenters. The molecule has 1 fully saturated rings. The summed E-state index contributed by atoms with van der Waals surface area (Å²) in [6.45, 7) is 3.96. The van der Waals surface area contributed by atoms with Gasteiger partial charge in [0.2, 0.25) is 17.6 Å². The highest BCUT2D eigenvalue weighted by atomic mass is 32.1. The highest BCUT2D eigenvalue weighted by Gasteiger charge is 2.35. The molecule has 2 aromatic rings. The molecule has 1 saturated carbocycles. The van der Waals surface area contributed by atoms with Gasteiger partial charge in [-0.2, -0.15) is 0 Å². The van der Waals surface area contributed by atoms with E-state index in [1.807, 2.05) is 44.2 Å². The van der Waals surface area contributed by atoms with E-state index in [0.717, 1.165) is 37.5 Å². The molecule has 0 bridgehead atoms. The van der Waals surface area contributed by atoms with E-state index in [9.17, 15) is 19.5 Å².